The Morgan fingerprint density at radius 1 is 1.00 bits per heavy atom. The van der Waals surface area contributed by atoms with Crippen LogP contribution in [0.15, 0.2) is 71.5 Å². The molecule has 0 atom stereocenters. The van der Waals surface area contributed by atoms with Crippen LogP contribution >= 0.6 is 0 Å². The maximum absolute atomic E-state index is 12.7. The summed E-state index contributed by atoms with van der Waals surface area (Å²) >= 11 is 0. The molecule has 0 aliphatic rings. The first-order valence-corrected chi connectivity index (χ1v) is 7.93. The van der Waals surface area contributed by atoms with E-state index in [1.165, 1.54) is 18.2 Å². The van der Waals surface area contributed by atoms with Gasteiger partial charge in [0.05, 0.1) is 11.3 Å². The number of hydrogen-bond acceptors (Lipinski definition) is 3. The fourth-order valence-electron chi connectivity index (χ4n) is 2.43. The summed E-state index contributed by atoms with van der Waals surface area (Å²) in [5.74, 6) is -0.658. The minimum Gasteiger partial charge on any atom is -0.324 e. The van der Waals surface area contributed by atoms with Gasteiger partial charge in [0.2, 0.25) is 5.91 Å². The lowest BCUT2D eigenvalue weighted by molar-refractivity contribution is -0.137. The molecule has 1 heterocycles. The maximum atomic E-state index is 12.7. The predicted molar refractivity (Wildman–Crippen MR) is 94.0 cm³/mol. The molecule has 5 nitrogen and oxygen atoms in total. The van der Waals surface area contributed by atoms with E-state index in [0.717, 1.165) is 22.4 Å². The Hall–Kier alpha value is -3.42. The Labute approximate surface area is 152 Å². The molecule has 0 aliphatic heterocycles. The van der Waals surface area contributed by atoms with Crippen molar-refractivity contribution < 1.29 is 18.0 Å². The van der Waals surface area contributed by atoms with Crippen LogP contribution in [0, 0.1) is 0 Å². The molecule has 0 aliphatic carbocycles. The maximum Gasteiger partial charge on any atom is 0.416 e. The number of alkyl halides is 3. The summed E-state index contributed by atoms with van der Waals surface area (Å²) in [4.78, 5) is 24.1. The van der Waals surface area contributed by atoms with Crippen molar-refractivity contribution in [3.05, 3.63) is 82.6 Å². The number of benzene rings is 2. The Kier molecular flexibility index (Phi) is 5.07. The van der Waals surface area contributed by atoms with Gasteiger partial charge in [0.15, 0.2) is 0 Å². The molecule has 27 heavy (non-hydrogen) atoms. The third kappa shape index (κ3) is 4.60. The highest BCUT2D eigenvalue weighted by molar-refractivity contribution is 5.90. The largest absolute Gasteiger partial charge is 0.416 e. The fourth-order valence-corrected chi connectivity index (χ4v) is 2.43. The third-order valence-electron chi connectivity index (χ3n) is 3.70. The molecule has 1 aromatic heterocycles. The van der Waals surface area contributed by atoms with Crippen LogP contribution in [-0.4, -0.2) is 15.7 Å². The zero-order valence-corrected chi connectivity index (χ0v) is 13.9. The van der Waals surface area contributed by atoms with E-state index in [2.05, 4.69) is 10.4 Å². The van der Waals surface area contributed by atoms with Gasteiger partial charge in [-0.05, 0) is 24.3 Å². The smallest absolute Gasteiger partial charge is 0.324 e. The van der Waals surface area contributed by atoms with Crippen LogP contribution in [0.25, 0.3) is 11.3 Å². The minimum atomic E-state index is -4.51. The first-order valence-electron chi connectivity index (χ1n) is 7.93. The summed E-state index contributed by atoms with van der Waals surface area (Å²) in [6, 6.07) is 16.2. The van der Waals surface area contributed by atoms with Crippen molar-refractivity contribution in [3.8, 4) is 11.3 Å². The molecule has 8 heteroatoms. The number of nitrogens with one attached hydrogen (secondary N) is 1. The van der Waals surface area contributed by atoms with Crippen LogP contribution in [0.4, 0.5) is 18.9 Å². The van der Waals surface area contributed by atoms with Crippen molar-refractivity contribution in [1.82, 2.24) is 9.78 Å². The number of amides is 1. The van der Waals surface area contributed by atoms with E-state index in [1.807, 2.05) is 18.2 Å². The second-order valence-electron chi connectivity index (χ2n) is 5.71. The topological polar surface area (TPSA) is 64.0 Å². The number of anilines is 1. The molecule has 0 saturated carbocycles. The van der Waals surface area contributed by atoms with Crippen molar-refractivity contribution in [1.29, 1.82) is 0 Å². The van der Waals surface area contributed by atoms with E-state index in [9.17, 15) is 22.8 Å². The van der Waals surface area contributed by atoms with E-state index in [-0.39, 0.29) is 5.69 Å². The molecule has 3 rings (SSSR count). The van der Waals surface area contributed by atoms with Crippen molar-refractivity contribution in [2.24, 2.45) is 0 Å². The Morgan fingerprint density at radius 3 is 2.44 bits per heavy atom. The average molecular weight is 373 g/mol. The van der Waals surface area contributed by atoms with Gasteiger partial charge in [-0.2, -0.15) is 18.3 Å². The Bertz CT molecular complexity index is 1010. The van der Waals surface area contributed by atoms with Crippen LogP contribution < -0.4 is 10.9 Å². The van der Waals surface area contributed by atoms with E-state index >= 15 is 0 Å². The molecule has 0 spiro atoms. The van der Waals surface area contributed by atoms with Gasteiger partial charge in [-0.25, -0.2) is 4.68 Å². The van der Waals surface area contributed by atoms with Crippen molar-refractivity contribution in [2.45, 2.75) is 12.7 Å². The molecule has 1 N–H and O–H groups in total. The normalized spacial score (nSPS) is 11.2. The zero-order chi connectivity index (χ0) is 19.4. The summed E-state index contributed by atoms with van der Waals surface area (Å²) < 4.78 is 39.2. The Morgan fingerprint density at radius 2 is 1.74 bits per heavy atom. The number of nitrogens with zero attached hydrogens (tertiary/aromatic N) is 2. The summed E-state index contributed by atoms with van der Waals surface area (Å²) in [7, 11) is 0. The zero-order valence-electron chi connectivity index (χ0n) is 13.9. The monoisotopic (exact) mass is 373 g/mol. The predicted octanol–water partition coefficient (Wildman–Crippen LogP) is 3.57. The van der Waals surface area contributed by atoms with E-state index in [0.29, 0.717) is 5.69 Å². The molecule has 0 saturated heterocycles. The van der Waals surface area contributed by atoms with Crippen LogP contribution in [0.5, 0.6) is 0 Å². The van der Waals surface area contributed by atoms with E-state index in [4.69, 9.17) is 0 Å². The first-order chi connectivity index (χ1) is 12.8. The van der Waals surface area contributed by atoms with Crippen molar-refractivity contribution >= 4 is 11.6 Å². The van der Waals surface area contributed by atoms with Crippen molar-refractivity contribution in [3.63, 3.8) is 0 Å². The second-order valence-corrected chi connectivity index (χ2v) is 5.71. The molecule has 0 fully saturated rings. The van der Waals surface area contributed by atoms with E-state index < -0.39 is 29.8 Å². The number of carbonyl (C=O) groups excluding carboxylic acids is 1. The van der Waals surface area contributed by atoms with Crippen LogP contribution in [0.2, 0.25) is 0 Å². The summed E-state index contributed by atoms with van der Waals surface area (Å²) in [5, 5.41) is 6.49. The summed E-state index contributed by atoms with van der Waals surface area (Å²) in [6.07, 6.45) is -4.51. The molecule has 2 aromatic carbocycles. The molecule has 1 amide bonds. The molecular formula is C19H14F3N3O2. The van der Waals surface area contributed by atoms with Gasteiger partial charge in [-0.3, -0.25) is 9.59 Å². The number of rotatable bonds is 4. The highest BCUT2D eigenvalue weighted by Crippen LogP contribution is 2.30. The van der Waals surface area contributed by atoms with E-state index in [1.54, 1.807) is 18.2 Å². The number of carbonyl (C=O) groups is 1. The van der Waals surface area contributed by atoms with Gasteiger partial charge in [0.25, 0.3) is 5.56 Å². The van der Waals surface area contributed by atoms with Crippen LogP contribution in [0.1, 0.15) is 5.56 Å². The molecule has 0 unspecified atom stereocenters. The molecule has 0 radical (unpaired) electrons. The number of aromatic nitrogens is 2. The highest BCUT2D eigenvalue weighted by atomic mass is 19.4. The standard InChI is InChI=1S/C19H14F3N3O2/c20-19(21,22)14-7-4-8-15(11-14)23-17(26)12-25-18(27)10-9-16(24-25)13-5-2-1-3-6-13/h1-11H,12H2,(H,23,26). The van der Waals surface area contributed by atoms with Gasteiger partial charge in [-0.1, -0.05) is 36.4 Å². The summed E-state index contributed by atoms with van der Waals surface area (Å²) in [5.41, 5.74) is -0.107. The molecule has 138 valence electrons. The number of halogens is 3. The van der Waals surface area contributed by atoms with Crippen LogP contribution in [0.3, 0.4) is 0 Å². The lowest BCUT2D eigenvalue weighted by Gasteiger charge is -2.11. The SMILES string of the molecule is O=C(Cn1nc(-c2ccccc2)ccc1=O)Nc1cccc(C(F)(F)F)c1. The Balaban J connectivity index is 1.78. The van der Waals surface area contributed by atoms with Gasteiger partial charge < -0.3 is 5.32 Å². The lowest BCUT2D eigenvalue weighted by Crippen LogP contribution is -2.29. The van der Waals surface area contributed by atoms with Gasteiger partial charge in [-0.15, -0.1) is 0 Å². The van der Waals surface area contributed by atoms with Crippen LogP contribution in [-0.2, 0) is 17.5 Å². The van der Waals surface area contributed by atoms with Gasteiger partial charge in [0, 0.05) is 17.3 Å². The second kappa shape index (κ2) is 7.45. The quantitative estimate of drug-likeness (QED) is 0.761. The molecule has 3 aromatic rings. The molecular weight excluding hydrogens is 359 g/mol. The van der Waals surface area contributed by atoms with Gasteiger partial charge >= 0.3 is 6.18 Å². The first kappa shape index (κ1) is 18.4. The van der Waals surface area contributed by atoms with Crippen molar-refractivity contribution in [2.75, 3.05) is 5.32 Å². The minimum absolute atomic E-state index is 0.0120. The molecule has 0 bridgehead atoms. The average Bonchev–Trinajstić information content (AvgIpc) is 2.64. The third-order valence-corrected chi connectivity index (χ3v) is 3.70. The fraction of sp³-hybridized carbons (Fsp3) is 0.105. The van der Waals surface area contributed by atoms with Gasteiger partial charge in [0.1, 0.15) is 6.54 Å². The highest BCUT2D eigenvalue weighted by Gasteiger charge is 2.30. The number of hydrogen-bond donors (Lipinski definition) is 1. The summed E-state index contributed by atoms with van der Waals surface area (Å²) in [6.45, 7) is -0.421. The lowest BCUT2D eigenvalue weighted by atomic mass is 10.1.